The van der Waals surface area contributed by atoms with E-state index in [9.17, 15) is 9.59 Å². The van der Waals surface area contributed by atoms with Gasteiger partial charge in [-0.1, -0.05) is 18.2 Å². The van der Waals surface area contributed by atoms with Crippen LogP contribution in [0.4, 0.5) is 0 Å². The molecule has 3 aromatic rings. The summed E-state index contributed by atoms with van der Waals surface area (Å²) >= 11 is 0. The summed E-state index contributed by atoms with van der Waals surface area (Å²) in [6.45, 7) is 2.73. The van der Waals surface area contributed by atoms with Gasteiger partial charge in [-0.05, 0) is 42.5 Å². The summed E-state index contributed by atoms with van der Waals surface area (Å²) in [5.41, 5.74) is 5.39. The molecule has 1 amide bonds. The number of H-pyrrole nitrogens is 1. The Morgan fingerprint density at radius 2 is 2.11 bits per heavy atom. The fourth-order valence-electron chi connectivity index (χ4n) is 5.38. The van der Waals surface area contributed by atoms with E-state index in [0.717, 1.165) is 34.1 Å². The molecule has 2 fully saturated rings. The van der Waals surface area contributed by atoms with Crippen molar-refractivity contribution in [1.29, 1.82) is 0 Å². The minimum atomic E-state index is -0.145. The standard InChI is InChI=1S/C22H19N3O2/c1-12-10-23-20-17(26)8-18-22(19(12)20)9-14(22)11-25(18)21(27)16-7-13-5-3-4-6-15(13)24(16)2/h3-8,10,14,23H,9,11H2,1-2H3. The summed E-state index contributed by atoms with van der Waals surface area (Å²) < 4.78 is 1.95. The Kier molecular flexibility index (Phi) is 2.56. The number of allylic oxidation sites excluding steroid dienone is 2. The number of aromatic amines is 1. The first kappa shape index (κ1) is 15.0. The molecular formula is C22H19N3O2. The number of amides is 1. The van der Waals surface area contributed by atoms with Crippen LogP contribution in [-0.2, 0) is 12.5 Å². The predicted octanol–water partition coefficient (Wildman–Crippen LogP) is 3.31. The number of fused-ring (bicyclic) bond motifs is 2. The number of aryl methyl sites for hydroxylation is 2. The van der Waals surface area contributed by atoms with Gasteiger partial charge in [-0.2, -0.15) is 0 Å². The van der Waals surface area contributed by atoms with Gasteiger partial charge in [-0.3, -0.25) is 9.59 Å². The first-order valence-corrected chi connectivity index (χ1v) is 9.33. The van der Waals surface area contributed by atoms with Crippen LogP contribution < -0.4 is 0 Å². The second-order valence-corrected chi connectivity index (χ2v) is 8.05. The van der Waals surface area contributed by atoms with Crippen molar-refractivity contribution in [2.45, 2.75) is 18.8 Å². The minimum Gasteiger partial charge on any atom is -0.358 e. The van der Waals surface area contributed by atoms with Crippen molar-refractivity contribution >= 4 is 22.6 Å². The average molecular weight is 357 g/mol. The largest absolute Gasteiger partial charge is 0.358 e. The lowest BCUT2D eigenvalue weighted by Gasteiger charge is -2.28. The molecule has 0 radical (unpaired) electrons. The van der Waals surface area contributed by atoms with Gasteiger partial charge in [0.2, 0.25) is 5.78 Å². The summed E-state index contributed by atoms with van der Waals surface area (Å²) in [7, 11) is 1.93. The molecule has 3 heterocycles. The summed E-state index contributed by atoms with van der Waals surface area (Å²) in [5, 5.41) is 1.06. The molecule has 2 aliphatic carbocycles. The van der Waals surface area contributed by atoms with E-state index in [1.54, 1.807) is 6.08 Å². The number of nitrogens with zero attached hydrogens (tertiary/aromatic N) is 2. The average Bonchev–Trinajstić information content (AvgIpc) is 2.93. The highest BCUT2D eigenvalue weighted by Gasteiger charge is 2.68. The van der Waals surface area contributed by atoms with Crippen LogP contribution in [0, 0.1) is 12.8 Å². The van der Waals surface area contributed by atoms with Crippen LogP contribution in [0.3, 0.4) is 0 Å². The maximum Gasteiger partial charge on any atom is 0.274 e. The Morgan fingerprint density at radius 1 is 1.30 bits per heavy atom. The van der Waals surface area contributed by atoms with Gasteiger partial charge in [0.1, 0.15) is 5.69 Å². The van der Waals surface area contributed by atoms with E-state index in [1.807, 2.05) is 60.0 Å². The number of likely N-dealkylation sites (tertiary alicyclic amines) is 1. The zero-order valence-electron chi connectivity index (χ0n) is 15.2. The first-order valence-electron chi connectivity index (χ1n) is 9.33. The van der Waals surface area contributed by atoms with Crippen molar-refractivity contribution in [2.24, 2.45) is 13.0 Å². The van der Waals surface area contributed by atoms with E-state index in [4.69, 9.17) is 0 Å². The molecule has 1 saturated heterocycles. The number of hydrogen-bond acceptors (Lipinski definition) is 2. The zero-order chi connectivity index (χ0) is 18.5. The predicted molar refractivity (Wildman–Crippen MR) is 102 cm³/mol. The molecule has 3 aliphatic rings. The molecule has 5 heteroatoms. The summed E-state index contributed by atoms with van der Waals surface area (Å²) in [6, 6.07) is 9.96. The number of benzene rings is 1. The van der Waals surface area contributed by atoms with Crippen LogP contribution in [0.15, 0.2) is 48.3 Å². The molecule has 2 atom stereocenters. The van der Waals surface area contributed by atoms with E-state index < -0.39 is 0 Å². The molecule has 27 heavy (non-hydrogen) atoms. The van der Waals surface area contributed by atoms with Crippen molar-refractivity contribution in [1.82, 2.24) is 14.5 Å². The van der Waals surface area contributed by atoms with Crippen molar-refractivity contribution in [3.8, 4) is 0 Å². The molecular weight excluding hydrogens is 338 g/mol. The fraction of sp³-hybridized carbons (Fsp3) is 0.273. The quantitative estimate of drug-likeness (QED) is 0.726. The third-order valence-corrected chi connectivity index (χ3v) is 6.71. The van der Waals surface area contributed by atoms with Gasteiger partial charge in [-0.15, -0.1) is 0 Å². The van der Waals surface area contributed by atoms with Crippen molar-refractivity contribution in [2.75, 3.05) is 6.54 Å². The lowest BCUT2D eigenvalue weighted by molar-refractivity contribution is 0.0802. The van der Waals surface area contributed by atoms with E-state index >= 15 is 0 Å². The molecule has 1 aliphatic heterocycles. The molecule has 134 valence electrons. The van der Waals surface area contributed by atoms with Gasteiger partial charge in [0.15, 0.2) is 0 Å². The monoisotopic (exact) mass is 357 g/mol. The number of carbonyl (C=O) groups is 2. The third kappa shape index (κ3) is 1.65. The minimum absolute atomic E-state index is 0.0176. The molecule has 1 spiro atoms. The molecule has 1 saturated carbocycles. The van der Waals surface area contributed by atoms with E-state index in [1.165, 1.54) is 0 Å². The smallest absolute Gasteiger partial charge is 0.274 e. The molecule has 6 rings (SSSR count). The number of hydrogen-bond donors (Lipinski definition) is 1. The molecule has 5 nitrogen and oxygen atoms in total. The Hall–Kier alpha value is -3.08. The lowest BCUT2D eigenvalue weighted by Crippen LogP contribution is -2.34. The number of carbonyl (C=O) groups excluding carboxylic acids is 2. The molecule has 1 aromatic carbocycles. The third-order valence-electron chi connectivity index (χ3n) is 6.71. The van der Waals surface area contributed by atoms with Crippen LogP contribution in [0.2, 0.25) is 0 Å². The number of aromatic nitrogens is 2. The highest BCUT2D eigenvalue weighted by molar-refractivity contribution is 6.09. The van der Waals surface area contributed by atoms with Crippen molar-refractivity contribution < 1.29 is 9.59 Å². The molecule has 2 aromatic heterocycles. The van der Waals surface area contributed by atoms with Crippen LogP contribution in [-0.4, -0.2) is 32.7 Å². The summed E-state index contributed by atoms with van der Waals surface area (Å²) in [6.07, 6.45) is 4.63. The Balaban J connectivity index is 1.47. The maximum absolute atomic E-state index is 13.4. The van der Waals surface area contributed by atoms with Crippen LogP contribution in [0.25, 0.3) is 10.9 Å². The Labute approximate surface area is 156 Å². The molecule has 0 bridgehead atoms. The SMILES string of the molecule is Cc1c[nH]c2c1C13CC1CN(C(=O)c1cc4ccccc4n1C)C3=CC2=O. The molecule has 1 N–H and O–H groups in total. The topological polar surface area (TPSA) is 58.1 Å². The number of rotatable bonds is 1. The van der Waals surface area contributed by atoms with Crippen LogP contribution in [0.1, 0.15) is 38.5 Å². The summed E-state index contributed by atoms with van der Waals surface area (Å²) in [5.74, 6) is 0.362. The van der Waals surface area contributed by atoms with Crippen LogP contribution in [0.5, 0.6) is 0 Å². The Bertz CT molecular complexity index is 1210. The van der Waals surface area contributed by atoms with Gasteiger partial charge >= 0.3 is 0 Å². The van der Waals surface area contributed by atoms with Crippen molar-refractivity contribution in [3.63, 3.8) is 0 Å². The van der Waals surface area contributed by atoms with Gasteiger partial charge in [0, 0.05) is 47.9 Å². The fourth-order valence-corrected chi connectivity index (χ4v) is 5.38. The number of piperidine rings is 1. The van der Waals surface area contributed by atoms with E-state index in [-0.39, 0.29) is 17.1 Å². The lowest BCUT2D eigenvalue weighted by atomic mass is 9.83. The first-order chi connectivity index (χ1) is 13.0. The van der Waals surface area contributed by atoms with Gasteiger partial charge in [-0.25, -0.2) is 0 Å². The van der Waals surface area contributed by atoms with Gasteiger partial charge < -0.3 is 14.5 Å². The summed E-state index contributed by atoms with van der Waals surface area (Å²) in [4.78, 5) is 31.1. The highest BCUT2D eigenvalue weighted by Crippen LogP contribution is 2.67. The van der Waals surface area contributed by atoms with Crippen LogP contribution >= 0.6 is 0 Å². The van der Waals surface area contributed by atoms with E-state index in [2.05, 4.69) is 4.98 Å². The highest BCUT2D eigenvalue weighted by atomic mass is 16.2. The van der Waals surface area contributed by atoms with Crippen molar-refractivity contribution in [3.05, 3.63) is 70.8 Å². The van der Waals surface area contributed by atoms with Gasteiger partial charge in [0.05, 0.1) is 5.69 Å². The number of para-hydroxylation sites is 1. The second-order valence-electron chi connectivity index (χ2n) is 8.05. The second kappa shape index (κ2) is 4.60. The normalized spacial score (nSPS) is 25.3. The van der Waals surface area contributed by atoms with Gasteiger partial charge in [0.25, 0.3) is 5.91 Å². The molecule has 2 unspecified atom stereocenters. The maximum atomic E-state index is 13.4. The van der Waals surface area contributed by atoms with E-state index in [0.29, 0.717) is 23.9 Å². The number of ketones is 1. The Morgan fingerprint density at radius 3 is 2.93 bits per heavy atom. The number of nitrogens with one attached hydrogen (secondary N) is 1. The zero-order valence-corrected chi connectivity index (χ0v) is 15.2.